The van der Waals surface area contributed by atoms with Crippen LogP contribution in [0.4, 0.5) is 10.3 Å². The van der Waals surface area contributed by atoms with E-state index < -0.39 is 12.0 Å². The van der Waals surface area contributed by atoms with Crippen LogP contribution in [-0.2, 0) is 28.5 Å². The Hall–Kier alpha value is -4.60. The number of hydrogen-bond acceptors (Lipinski definition) is 7. The maximum atomic E-state index is 14.2. The summed E-state index contributed by atoms with van der Waals surface area (Å²) in [5.74, 6) is 0.734. The van der Waals surface area contributed by atoms with E-state index >= 15 is 0 Å². The van der Waals surface area contributed by atoms with Crippen molar-refractivity contribution in [3.63, 3.8) is 0 Å². The first-order valence-electron chi connectivity index (χ1n) is 13.9. The van der Waals surface area contributed by atoms with Crippen LogP contribution in [0.2, 0.25) is 5.02 Å². The van der Waals surface area contributed by atoms with Crippen molar-refractivity contribution in [2.45, 2.75) is 37.1 Å². The number of anilines is 1. The van der Waals surface area contributed by atoms with Gasteiger partial charge in [0.1, 0.15) is 30.8 Å². The first kappa shape index (κ1) is 29.5. The Bertz CT molecular complexity index is 1810. The first-order valence-corrected chi connectivity index (χ1v) is 15.3. The van der Waals surface area contributed by atoms with E-state index in [1.807, 2.05) is 85.8 Å². The molecule has 0 saturated heterocycles. The minimum absolute atomic E-state index is 0.131. The molecule has 222 valence electrons. The van der Waals surface area contributed by atoms with Crippen LogP contribution >= 0.6 is 23.4 Å². The van der Waals surface area contributed by atoms with Crippen LogP contribution in [0.15, 0.2) is 120 Å². The number of fused-ring (bicyclic) bond motifs is 1. The summed E-state index contributed by atoms with van der Waals surface area (Å²) in [5.41, 5.74) is 4.13. The molecule has 0 bridgehead atoms. The van der Waals surface area contributed by atoms with Gasteiger partial charge in [-0.2, -0.15) is 4.98 Å². The number of ether oxygens (including phenoxy) is 2. The number of thioether (sulfide) groups is 1. The van der Waals surface area contributed by atoms with Crippen LogP contribution < -0.4 is 10.1 Å². The standard InChI is InChI=1S/C34H28ClFN4O3S/c1-22-30(32(41)43-19-23-9-3-2-4-10-23)31(24-15-17-27(18-16-24)42-20-25-11-5-7-13-28(25)35)40-33(37-22)38-34(39-40)44-21-26-12-6-8-14-29(26)36/h2-18,31H,19-21H2,1H3,(H,37,38,39). The number of hydrogen-bond donors (Lipinski definition) is 1. The lowest BCUT2D eigenvalue weighted by Crippen LogP contribution is -2.29. The van der Waals surface area contributed by atoms with Gasteiger partial charge < -0.3 is 14.8 Å². The van der Waals surface area contributed by atoms with Crippen LogP contribution in [0, 0.1) is 5.82 Å². The molecule has 1 unspecified atom stereocenters. The summed E-state index contributed by atoms with van der Waals surface area (Å²) in [4.78, 5) is 18.3. The maximum Gasteiger partial charge on any atom is 0.338 e. The fourth-order valence-corrected chi connectivity index (χ4v) is 5.85. The summed E-state index contributed by atoms with van der Waals surface area (Å²) < 4.78 is 27.7. The van der Waals surface area contributed by atoms with E-state index in [1.54, 1.807) is 22.9 Å². The molecule has 0 aliphatic carbocycles. The van der Waals surface area contributed by atoms with Crippen LogP contribution in [0.3, 0.4) is 0 Å². The van der Waals surface area contributed by atoms with Gasteiger partial charge in [-0.3, -0.25) is 0 Å². The maximum absolute atomic E-state index is 14.2. The molecular weight excluding hydrogens is 599 g/mol. The second kappa shape index (κ2) is 13.4. The van der Waals surface area contributed by atoms with Gasteiger partial charge in [0.25, 0.3) is 0 Å². The smallest absolute Gasteiger partial charge is 0.338 e. The zero-order valence-corrected chi connectivity index (χ0v) is 25.3. The van der Waals surface area contributed by atoms with Crippen LogP contribution in [0.25, 0.3) is 0 Å². The molecule has 0 fully saturated rings. The van der Waals surface area contributed by atoms with E-state index in [9.17, 15) is 9.18 Å². The molecule has 4 aromatic carbocycles. The number of esters is 1. The Balaban J connectivity index is 1.27. The number of nitrogens with zero attached hydrogens (tertiary/aromatic N) is 3. The second-order valence-corrected chi connectivity index (χ2v) is 11.5. The third-order valence-electron chi connectivity index (χ3n) is 7.13. The number of halogens is 2. The van der Waals surface area contributed by atoms with Gasteiger partial charge in [0.15, 0.2) is 0 Å². The predicted molar refractivity (Wildman–Crippen MR) is 169 cm³/mol. The van der Waals surface area contributed by atoms with E-state index in [1.165, 1.54) is 17.8 Å². The van der Waals surface area contributed by atoms with Gasteiger partial charge in [-0.25, -0.2) is 13.9 Å². The molecule has 2 heterocycles. The average molecular weight is 627 g/mol. The highest BCUT2D eigenvalue weighted by molar-refractivity contribution is 7.98. The monoisotopic (exact) mass is 626 g/mol. The Morgan fingerprint density at radius 2 is 1.64 bits per heavy atom. The average Bonchev–Trinajstić information content (AvgIpc) is 3.45. The predicted octanol–water partition coefficient (Wildman–Crippen LogP) is 7.97. The highest BCUT2D eigenvalue weighted by atomic mass is 35.5. The number of benzene rings is 4. The minimum atomic E-state index is -0.623. The van der Waals surface area contributed by atoms with Gasteiger partial charge >= 0.3 is 5.97 Å². The van der Waals surface area contributed by atoms with E-state index in [0.29, 0.717) is 51.1 Å². The quantitative estimate of drug-likeness (QED) is 0.124. The normalized spacial score (nSPS) is 14.1. The van der Waals surface area contributed by atoms with Gasteiger partial charge in [0.2, 0.25) is 11.1 Å². The lowest BCUT2D eigenvalue weighted by molar-refractivity contribution is -0.140. The molecule has 0 amide bonds. The topological polar surface area (TPSA) is 78.3 Å². The summed E-state index contributed by atoms with van der Waals surface area (Å²) in [7, 11) is 0. The van der Waals surface area contributed by atoms with E-state index in [4.69, 9.17) is 26.2 Å². The van der Waals surface area contributed by atoms with Crippen molar-refractivity contribution in [1.29, 1.82) is 0 Å². The number of carbonyl (C=O) groups excluding carboxylic acids is 1. The molecule has 0 spiro atoms. The number of aromatic nitrogens is 3. The van der Waals surface area contributed by atoms with Crippen molar-refractivity contribution in [2.75, 3.05) is 5.32 Å². The molecule has 7 nitrogen and oxygen atoms in total. The molecule has 44 heavy (non-hydrogen) atoms. The SMILES string of the molecule is CC1=C(C(=O)OCc2ccccc2)C(c2ccc(OCc3ccccc3Cl)cc2)n2nc(SCc3ccccc3F)nc2N1. The Morgan fingerprint density at radius 3 is 2.39 bits per heavy atom. The number of allylic oxidation sites excluding steroid dienone is 1. The largest absolute Gasteiger partial charge is 0.489 e. The Morgan fingerprint density at radius 1 is 0.932 bits per heavy atom. The molecule has 0 saturated carbocycles. The third-order valence-corrected chi connectivity index (χ3v) is 8.38. The molecule has 0 radical (unpaired) electrons. The van der Waals surface area contributed by atoms with Crippen LogP contribution in [0.1, 0.15) is 35.2 Å². The Labute approximate surface area is 263 Å². The summed E-state index contributed by atoms with van der Waals surface area (Å²) in [5, 5.41) is 9.05. The molecule has 6 rings (SSSR count). The Kier molecular flexibility index (Phi) is 8.95. The van der Waals surface area contributed by atoms with Gasteiger partial charge in [-0.1, -0.05) is 102 Å². The third kappa shape index (κ3) is 6.64. The fourth-order valence-electron chi connectivity index (χ4n) is 4.85. The molecular formula is C34H28ClFN4O3S. The van der Waals surface area contributed by atoms with Crippen molar-refractivity contribution >= 4 is 35.3 Å². The summed E-state index contributed by atoms with van der Waals surface area (Å²) in [6, 6.07) is 30.5. The zero-order valence-electron chi connectivity index (χ0n) is 23.7. The summed E-state index contributed by atoms with van der Waals surface area (Å²) in [6.45, 7) is 2.27. The molecule has 10 heteroatoms. The van der Waals surface area contributed by atoms with Gasteiger partial charge in [-0.15, -0.1) is 5.10 Å². The number of carbonyl (C=O) groups is 1. The number of nitrogens with one attached hydrogen (secondary N) is 1. The molecule has 1 aromatic heterocycles. The van der Waals surface area contributed by atoms with E-state index in [0.717, 1.165) is 16.7 Å². The molecule has 5 aromatic rings. The number of rotatable bonds is 10. The lowest BCUT2D eigenvalue weighted by Gasteiger charge is -2.28. The van der Waals surface area contributed by atoms with Crippen molar-refractivity contribution in [2.24, 2.45) is 0 Å². The van der Waals surface area contributed by atoms with E-state index in [2.05, 4.69) is 10.3 Å². The van der Waals surface area contributed by atoms with Gasteiger partial charge in [-0.05, 0) is 47.9 Å². The van der Waals surface area contributed by atoms with Gasteiger partial charge in [0, 0.05) is 22.0 Å². The molecule has 1 atom stereocenters. The van der Waals surface area contributed by atoms with Gasteiger partial charge in [0.05, 0.1) is 5.57 Å². The van der Waals surface area contributed by atoms with E-state index in [-0.39, 0.29) is 12.4 Å². The van der Waals surface area contributed by atoms with Crippen LogP contribution in [0.5, 0.6) is 5.75 Å². The molecule has 1 aliphatic heterocycles. The zero-order chi connectivity index (χ0) is 30.5. The second-order valence-electron chi connectivity index (χ2n) is 10.1. The van der Waals surface area contributed by atoms with Crippen molar-refractivity contribution in [3.05, 3.63) is 147 Å². The highest BCUT2D eigenvalue weighted by Crippen LogP contribution is 2.38. The summed E-state index contributed by atoms with van der Waals surface area (Å²) in [6.07, 6.45) is 0. The molecule has 1 aliphatic rings. The minimum Gasteiger partial charge on any atom is -0.489 e. The van der Waals surface area contributed by atoms with Crippen LogP contribution in [-0.4, -0.2) is 20.7 Å². The summed E-state index contributed by atoms with van der Waals surface area (Å²) >= 11 is 7.60. The molecule has 1 N–H and O–H groups in total. The van der Waals surface area contributed by atoms with Crippen molar-refractivity contribution in [3.8, 4) is 5.75 Å². The first-order chi connectivity index (χ1) is 21.5. The highest BCUT2D eigenvalue weighted by Gasteiger charge is 2.35. The lowest BCUT2D eigenvalue weighted by atomic mass is 9.95. The fraction of sp³-hybridized carbons (Fsp3) is 0.147. The van der Waals surface area contributed by atoms with Crippen molar-refractivity contribution in [1.82, 2.24) is 14.8 Å². The van der Waals surface area contributed by atoms with Crippen molar-refractivity contribution < 1.29 is 18.7 Å².